The SMILES string of the molecule is CCCN(Cc1cccnc1)C(=O)Cc1cc(C)no1. The first-order valence-electron chi connectivity index (χ1n) is 6.78. The molecule has 5 nitrogen and oxygen atoms in total. The molecule has 20 heavy (non-hydrogen) atoms. The lowest BCUT2D eigenvalue weighted by Crippen LogP contribution is -2.32. The molecule has 5 heteroatoms. The highest BCUT2D eigenvalue weighted by Crippen LogP contribution is 2.09. The smallest absolute Gasteiger partial charge is 0.230 e. The standard InChI is InChI=1S/C15H19N3O2/c1-3-7-18(11-13-5-4-6-16-10-13)15(19)9-14-8-12(2)17-20-14/h4-6,8,10H,3,7,9,11H2,1-2H3. The normalized spacial score (nSPS) is 10.5. The largest absolute Gasteiger partial charge is 0.361 e. The molecule has 2 aromatic heterocycles. The van der Waals surface area contributed by atoms with Gasteiger partial charge in [0.1, 0.15) is 5.76 Å². The second-order valence-corrected chi connectivity index (χ2v) is 4.79. The second-order valence-electron chi connectivity index (χ2n) is 4.79. The molecule has 0 fully saturated rings. The summed E-state index contributed by atoms with van der Waals surface area (Å²) in [5.74, 6) is 0.659. The van der Waals surface area contributed by atoms with Gasteiger partial charge in [0, 0.05) is 31.5 Å². The quantitative estimate of drug-likeness (QED) is 0.810. The van der Waals surface area contributed by atoms with Crippen molar-refractivity contribution in [2.24, 2.45) is 0 Å². The van der Waals surface area contributed by atoms with Crippen LogP contribution in [0, 0.1) is 6.92 Å². The van der Waals surface area contributed by atoms with Crippen LogP contribution in [0.4, 0.5) is 0 Å². The minimum atomic E-state index is 0.0480. The lowest BCUT2D eigenvalue weighted by molar-refractivity contribution is -0.131. The zero-order valence-corrected chi connectivity index (χ0v) is 11.9. The molecule has 0 saturated heterocycles. The fourth-order valence-electron chi connectivity index (χ4n) is 2.03. The molecule has 0 unspecified atom stereocenters. The topological polar surface area (TPSA) is 59.2 Å². The van der Waals surface area contributed by atoms with Gasteiger partial charge in [0.25, 0.3) is 0 Å². The van der Waals surface area contributed by atoms with E-state index >= 15 is 0 Å². The molecule has 2 heterocycles. The molecule has 2 aromatic rings. The number of hydrogen-bond donors (Lipinski definition) is 0. The third kappa shape index (κ3) is 3.91. The summed E-state index contributed by atoms with van der Waals surface area (Å²) in [6.45, 7) is 5.20. The van der Waals surface area contributed by atoms with Crippen LogP contribution in [-0.4, -0.2) is 27.5 Å². The van der Waals surface area contributed by atoms with Crippen LogP contribution >= 0.6 is 0 Å². The summed E-state index contributed by atoms with van der Waals surface area (Å²) in [6.07, 6.45) is 4.68. The molecule has 0 aromatic carbocycles. The lowest BCUT2D eigenvalue weighted by Gasteiger charge is -2.21. The maximum Gasteiger partial charge on any atom is 0.230 e. The van der Waals surface area contributed by atoms with Crippen LogP contribution < -0.4 is 0 Å². The first kappa shape index (κ1) is 14.2. The van der Waals surface area contributed by atoms with Gasteiger partial charge in [-0.25, -0.2) is 0 Å². The lowest BCUT2D eigenvalue weighted by atomic mass is 10.2. The summed E-state index contributed by atoms with van der Waals surface area (Å²) < 4.78 is 5.10. The molecule has 0 aliphatic carbocycles. The van der Waals surface area contributed by atoms with E-state index in [0.717, 1.165) is 24.2 Å². The number of hydrogen-bond acceptors (Lipinski definition) is 4. The fraction of sp³-hybridized carbons (Fsp3) is 0.400. The Morgan fingerprint density at radius 3 is 2.90 bits per heavy atom. The fourth-order valence-corrected chi connectivity index (χ4v) is 2.03. The van der Waals surface area contributed by atoms with Crippen molar-refractivity contribution >= 4 is 5.91 Å². The van der Waals surface area contributed by atoms with Gasteiger partial charge < -0.3 is 9.42 Å². The van der Waals surface area contributed by atoms with Crippen molar-refractivity contribution in [3.63, 3.8) is 0 Å². The molecule has 0 N–H and O–H groups in total. The van der Waals surface area contributed by atoms with E-state index in [1.165, 1.54) is 0 Å². The average molecular weight is 273 g/mol. The summed E-state index contributed by atoms with van der Waals surface area (Å²) in [5, 5.41) is 3.80. The zero-order chi connectivity index (χ0) is 14.4. The Hall–Kier alpha value is -2.17. The highest BCUT2D eigenvalue weighted by Gasteiger charge is 2.16. The Morgan fingerprint density at radius 2 is 2.30 bits per heavy atom. The Bertz CT molecular complexity index is 551. The van der Waals surface area contributed by atoms with Gasteiger partial charge in [-0.05, 0) is 25.0 Å². The van der Waals surface area contributed by atoms with Gasteiger partial charge in [0.05, 0.1) is 12.1 Å². The molecular formula is C15H19N3O2. The molecule has 1 amide bonds. The van der Waals surface area contributed by atoms with E-state index in [2.05, 4.69) is 17.1 Å². The van der Waals surface area contributed by atoms with E-state index in [1.54, 1.807) is 18.5 Å². The molecule has 0 aliphatic rings. The van der Waals surface area contributed by atoms with E-state index in [9.17, 15) is 4.79 Å². The first-order valence-corrected chi connectivity index (χ1v) is 6.78. The number of nitrogens with zero attached hydrogens (tertiary/aromatic N) is 3. The predicted octanol–water partition coefficient (Wildman–Crippen LogP) is 2.36. The second kappa shape index (κ2) is 6.84. The predicted molar refractivity (Wildman–Crippen MR) is 74.9 cm³/mol. The van der Waals surface area contributed by atoms with E-state index in [1.807, 2.05) is 24.0 Å². The van der Waals surface area contributed by atoms with Crippen molar-refractivity contribution in [1.29, 1.82) is 0 Å². The maximum atomic E-state index is 12.3. The highest BCUT2D eigenvalue weighted by atomic mass is 16.5. The third-order valence-electron chi connectivity index (χ3n) is 2.94. The van der Waals surface area contributed by atoms with Crippen LogP contribution in [0.25, 0.3) is 0 Å². The number of rotatable bonds is 6. The van der Waals surface area contributed by atoms with Gasteiger partial charge in [-0.2, -0.15) is 0 Å². The zero-order valence-electron chi connectivity index (χ0n) is 11.9. The number of amides is 1. The Balaban J connectivity index is 2.02. The van der Waals surface area contributed by atoms with Crippen LogP contribution in [0.3, 0.4) is 0 Å². The number of aryl methyl sites for hydroxylation is 1. The third-order valence-corrected chi connectivity index (χ3v) is 2.94. The van der Waals surface area contributed by atoms with E-state index < -0.39 is 0 Å². The van der Waals surface area contributed by atoms with E-state index in [-0.39, 0.29) is 12.3 Å². The molecule has 0 atom stereocenters. The Labute approximate surface area is 118 Å². The number of carbonyl (C=O) groups excluding carboxylic acids is 1. The van der Waals surface area contributed by atoms with E-state index in [4.69, 9.17) is 4.52 Å². The van der Waals surface area contributed by atoms with E-state index in [0.29, 0.717) is 12.3 Å². The maximum absolute atomic E-state index is 12.3. The van der Waals surface area contributed by atoms with Crippen molar-refractivity contribution < 1.29 is 9.32 Å². The monoisotopic (exact) mass is 273 g/mol. The van der Waals surface area contributed by atoms with Gasteiger partial charge in [-0.15, -0.1) is 0 Å². The number of aromatic nitrogens is 2. The summed E-state index contributed by atoms with van der Waals surface area (Å²) in [4.78, 5) is 18.2. The molecule has 0 aliphatic heterocycles. The Kier molecular flexibility index (Phi) is 4.87. The van der Waals surface area contributed by atoms with Gasteiger partial charge in [0.15, 0.2) is 0 Å². The summed E-state index contributed by atoms with van der Waals surface area (Å²) in [6, 6.07) is 5.65. The van der Waals surface area contributed by atoms with Crippen LogP contribution in [0.5, 0.6) is 0 Å². The first-order chi connectivity index (χ1) is 9.69. The van der Waals surface area contributed by atoms with Crippen molar-refractivity contribution in [2.75, 3.05) is 6.54 Å². The molecule has 0 saturated carbocycles. The molecule has 0 radical (unpaired) electrons. The van der Waals surface area contributed by atoms with Crippen molar-refractivity contribution in [3.8, 4) is 0 Å². The highest BCUT2D eigenvalue weighted by molar-refractivity contribution is 5.78. The summed E-state index contributed by atoms with van der Waals surface area (Å²) >= 11 is 0. The minimum absolute atomic E-state index is 0.0480. The summed E-state index contributed by atoms with van der Waals surface area (Å²) in [5.41, 5.74) is 1.82. The van der Waals surface area contributed by atoms with Crippen molar-refractivity contribution in [3.05, 3.63) is 47.6 Å². The van der Waals surface area contributed by atoms with Gasteiger partial charge in [-0.3, -0.25) is 9.78 Å². The molecule has 106 valence electrons. The average Bonchev–Trinajstić information content (AvgIpc) is 2.85. The van der Waals surface area contributed by atoms with Crippen LogP contribution in [0.2, 0.25) is 0 Å². The number of pyridine rings is 1. The van der Waals surface area contributed by atoms with Crippen molar-refractivity contribution in [2.45, 2.75) is 33.2 Å². The molecule has 0 bridgehead atoms. The van der Waals surface area contributed by atoms with Gasteiger partial charge in [0.2, 0.25) is 5.91 Å². The van der Waals surface area contributed by atoms with Gasteiger partial charge >= 0.3 is 0 Å². The summed E-state index contributed by atoms with van der Waals surface area (Å²) in [7, 11) is 0. The minimum Gasteiger partial charge on any atom is -0.361 e. The molecule has 0 spiro atoms. The van der Waals surface area contributed by atoms with Gasteiger partial charge in [-0.1, -0.05) is 18.1 Å². The van der Waals surface area contributed by atoms with Crippen LogP contribution in [0.1, 0.15) is 30.4 Å². The molecule has 2 rings (SSSR count). The Morgan fingerprint density at radius 1 is 1.45 bits per heavy atom. The molecular weight excluding hydrogens is 254 g/mol. The van der Waals surface area contributed by atoms with Crippen molar-refractivity contribution in [1.82, 2.24) is 15.0 Å². The van der Waals surface area contributed by atoms with Crippen LogP contribution in [-0.2, 0) is 17.8 Å². The van der Waals surface area contributed by atoms with Crippen LogP contribution in [0.15, 0.2) is 35.1 Å². The number of carbonyl (C=O) groups is 1.